The highest BCUT2D eigenvalue weighted by atomic mass is 35.5. The molecule has 190 valence electrons. The minimum Gasteiger partial charge on any atom is -0.361 e. The Balaban J connectivity index is 1.29. The molecular formula is C24H34ClN7O3. The third-order valence-corrected chi connectivity index (χ3v) is 6.87. The van der Waals surface area contributed by atoms with E-state index in [1.807, 2.05) is 48.8 Å². The molecule has 11 heteroatoms. The summed E-state index contributed by atoms with van der Waals surface area (Å²) in [6.07, 6.45) is 2.08. The minimum atomic E-state index is -0.363. The van der Waals surface area contributed by atoms with Crippen molar-refractivity contribution >= 4 is 35.1 Å². The Morgan fingerprint density at radius 1 is 1.06 bits per heavy atom. The number of nitrogens with one attached hydrogen (secondary N) is 2. The second kappa shape index (κ2) is 9.94. The Kier molecular flexibility index (Phi) is 7.14. The minimum absolute atomic E-state index is 0.00549. The second-order valence-electron chi connectivity index (χ2n) is 10.4. The maximum Gasteiger partial charge on any atom is 0.319 e. The summed E-state index contributed by atoms with van der Waals surface area (Å²) < 4.78 is 0. The van der Waals surface area contributed by atoms with Crippen LogP contribution in [0, 0.1) is 5.41 Å². The fourth-order valence-electron chi connectivity index (χ4n) is 4.49. The molecule has 4 rings (SSSR count). The summed E-state index contributed by atoms with van der Waals surface area (Å²) >= 11 is 5.90. The second-order valence-corrected chi connectivity index (χ2v) is 10.8. The number of rotatable bonds is 5. The summed E-state index contributed by atoms with van der Waals surface area (Å²) in [5.74, 6) is 0.00638. The predicted molar refractivity (Wildman–Crippen MR) is 134 cm³/mol. The number of urea groups is 1. The number of carbonyl (C=O) groups is 3. The number of carbonyl (C=O) groups excluding carboxylic acids is 3. The van der Waals surface area contributed by atoms with Crippen molar-refractivity contribution in [2.45, 2.75) is 33.2 Å². The Bertz CT molecular complexity index is 999. The largest absolute Gasteiger partial charge is 0.361 e. The molecule has 0 aliphatic carbocycles. The molecule has 0 spiro atoms. The zero-order valence-corrected chi connectivity index (χ0v) is 21.5. The molecule has 2 fully saturated rings. The van der Waals surface area contributed by atoms with Gasteiger partial charge >= 0.3 is 6.03 Å². The first kappa shape index (κ1) is 25.1. The van der Waals surface area contributed by atoms with Crippen LogP contribution in [0.1, 0.15) is 27.2 Å². The molecule has 2 saturated heterocycles. The lowest BCUT2D eigenvalue weighted by molar-refractivity contribution is -0.148. The average Bonchev–Trinajstić information content (AvgIpc) is 3.31. The van der Waals surface area contributed by atoms with E-state index in [1.165, 1.54) is 0 Å². The fraction of sp³-hybridized carbons (Fsp3) is 0.542. The maximum absolute atomic E-state index is 13.1. The molecule has 3 aliphatic rings. The Morgan fingerprint density at radius 2 is 1.71 bits per heavy atom. The van der Waals surface area contributed by atoms with Crippen molar-refractivity contribution in [3.8, 4) is 0 Å². The SMILES string of the molecule is CN1C=C2C(=O)N(N3CCN(C(=O)CC(NC(=O)Nc4ccc(Cl)cc4)C(C)(C)C)CC3)CN2C1. The molecule has 3 heterocycles. The quantitative estimate of drug-likeness (QED) is 0.640. The van der Waals surface area contributed by atoms with Crippen LogP contribution in [-0.4, -0.2) is 95.2 Å². The number of hydrogen-bond acceptors (Lipinski definition) is 6. The van der Waals surface area contributed by atoms with Crippen LogP contribution in [0.15, 0.2) is 36.2 Å². The first-order valence-electron chi connectivity index (χ1n) is 11.9. The molecule has 4 amide bonds. The van der Waals surface area contributed by atoms with Crippen LogP contribution in [0.3, 0.4) is 0 Å². The van der Waals surface area contributed by atoms with Gasteiger partial charge in [-0.3, -0.25) is 9.59 Å². The number of fused-ring (bicyclic) bond motifs is 1. The number of nitrogens with zero attached hydrogens (tertiary/aromatic N) is 5. The van der Waals surface area contributed by atoms with Crippen LogP contribution < -0.4 is 10.6 Å². The van der Waals surface area contributed by atoms with Gasteiger partial charge in [-0.2, -0.15) is 0 Å². The van der Waals surface area contributed by atoms with Crippen molar-refractivity contribution in [3.63, 3.8) is 0 Å². The van der Waals surface area contributed by atoms with Crippen molar-refractivity contribution in [2.75, 3.05) is 51.9 Å². The van der Waals surface area contributed by atoms with E-state index >= 15 is 0 Å². The predicted octanol–water partition coefficient (Wildman–Crippen LogP) is 2.17. The molecule has 35 heavy (non-hydrogen) atoms. The van der Waals surface area contributed by atoms with Crippen LogP contribution >= 0.6 is 11.6 Å². The van der Waals surface area contributed by atoms with Crippen molar-refractivity contribution < 1.29 is 14.4 Å². The van der Waals surface area contributed by atoms with Gasteiger partial charge in [-0.25, -0.2) is 14.8 Å². The van der Waals surface area contributed by atoms with Crippen molar-refractivity contribution in [1.29, 1.82) is 0 Å². The summed E-state index contributed by atoms with van der Waals surface area (Å²) in [5, 5.41) is 10.2. The lowest BCUT2D eigenvalue weighted by atomic mass is 9.84. The van der Waals surface area contributed by atoms with Gasteiger partial charge in [0.25, 0.3) is 5.91 Å². The number of hydrazine groups is 1. The maximum atomic E-state index is 13.1. The van der Waals surface area contributed by atoms with Crippen LogP contribution in [0.25, 0.3) is 0 Å². The average molecular weight is 504 g/mol. The van der Waals surface area contributed by atoms with E-state index in [0.717, 1.165) is 5.70 Å². The zero-order valence-electron chi connectivity index (χ0n) is 20.8. The molecule has 0 bridgehead atoms. The first-order valence-corrected chi connectivity index (χ1v) is 12.2. The third kappa shape index (κ3) is 5.82. The molecule has 3 aliphatic heterocycles. The smallest absolute Gasteiger partial charge is 0.319 e. The molecule has 0 aromatic heterocycles. The van der Waals surface area contributed by atoms with Gasteiger partial charge in [0.15, 0.2) is 0 Å². The van der Waals surface area contributed by atoms with Crippen molar-refractivity contribution in [2.24, 2.45) is 5.41 Å². The normalized spacial score (nSPS) is 19.6. The highest BCUT2D eigenvalue weighted by molar-refractivity contribution is 6.30. The molecular weight excluding hydrogens is 470 g/mol. The van der Waals surface area contributed by atoms with E-state index in [1.54, 1.807) is 29.3 Å². The molecule has 0 radical (unpaired) electrons. The summed E-state index contributed by atoms with van der Waals surface area (Å²) in [6.45, 7) is 9.53. The van der Waals surface area contributed by atoms with Crippen LogP contribution in [0.5, 0.6) is 0 Å². The Hall–Kier alpha value is -2.98. The zero-order chi connectivity index (χ0) is 25.3. The number of benzene rings is 1. The number of piperazine rings is 1. The van der Waals surface area contributed by atoms with Crippen molar-refractivity contribution in [3.05, 3.63) is 41.2 Å². The van der Waals surface area contributed by atoms with E-state index in [0.29, 0.717) is 50.2 Å². The van der Waals surface area contributed by atoms with Crippen LogP contribution in [0.4, 0.5) is 10.5 Å². The molecule has 10 nitrogen and oxygen atoms in total. The molecule has 1 unspecified atom stereocenters. The summed E-state index contributed by atoms with van der Waals surface area (Å²) in [5.41, 5.74) is 1.03. The van der Waals surface area contributed by atoms with E-state index in [2.05, 4.69) is 15.5 Å². The van der Waals surface area contributed by atoms with Gasteiger partial charge in [0.1, 0.15) is 12.4 Å². The van der Waals surface area contributed by atoms with Gasteiger partial charge in [-0.1, -0.05) is 32.4 Å². The monoisotopic (exact) mass is 503 g/mol. The van der Waals surface area contributed by atoms with Crippen molar-refractivity contribution in [1.82, 2.24) is 30.0 Å². The molecule has 1 aromatic rings. The Morgan fingerprint density at radius 3 is 2.31 bits per heavy atom. The lowest BCUT2D eigenvalue weighted by Gasteiger charge is -2.40. The van der Waals surface area contributed by atoms with E-state index in [9.17, 15) is 14.4 Å². The lowest BCUT2D eigenvalue weighted by Crippen LogP contribution is -2.57. The summed E-state index contributed by atoms with van der Waals surface area (Å²) in [6, 6.07) is 6.15. The Labute approximate surface area is 211 Å². The topological polar surface area (TPSA) is 91.5 Å². The van der Waals surface area contributed by atoms with Crippen LogP contribution in [-0.2, 0) is 9.59 Å². The highest BCUT2D eigenvalue weighted by Gasteiger charge is 2.40. The summed E-state index contributed by atoms with van der Waals surface area (Å²) in [7, 11) is 1.95. The van der Waals surface area contributed by atoms with Gasteiger partial charge in [0.05, 0.1) is 6.67 Å². The summed E-state index contributed by atoms with van der Waals surface area (Å²) in [4.78, 5) is 44.4. The standard InChI is InChI=1S/C24H34ClN7O3/c1-24(2,3)20(27-23(35)26-18-7-5-17(25)6-8-18)13-21(33)29-9-11-31(12-10-29)32-16-30-15-28(4)14-19(30)22(32)34/h5-8,14,20H,9-13,15-16H2,1-4H3,(H2,26,27,35). The number of hydrogen-bond donors (Lipinski definition) is 2. The number of anilines is 1. The van der Waals surface area contributed by atoms with E-state index in [4.69, 9.17) is 11.6 Å². The van der Waals surface area contributed by atoms with Crippen LogP contribution in [0.2, 0.25) is 5.02 Å². The number of halogens is 1. The van der Waals surface area contributed by atoms with Gasteiger partial charge in [0, 0.05) is 62.6 Å². The highest BCUT2D eigenvalue weighted by Crippen LogP contribution is 2.27. The first-order chi connectivity index (χ1) is 16.5. The number of amides is 4. The van der Waals surface area contributed by atoms with Gasteiger partial charge in [-0.15, -0.1) is 0 Å². The molecule has 0 saturated carbocycles. The molecule has 1 atom stereocenters. The van der Waals surface area contributed by atoms with Gasteiger partial charge in [-0.05, 0) is 29.7 Å². The van der Waals surface area contributed by atoms with E-state index < -0.39 is 0 Å². The molecule has 2 N–H and O–H groups in total. The fourth-order valence-corrected chi connectivity index (χ4v) is 4.61. The molecule has 1 aromatic carbocycles. The van der Waals surface area contributed by atoms with Gasteiger partial charge in [0.2, 0.25) is 5.91 Å². The van der Waals surface area contributed by atoms with Gasteiger partial charge < -0.3 is 25.3 Å². The van der Waals surface area contributed by atoms with E-state index in [-0.39, 0.29) is 35.7 Å². The third-order valence-electron chi connectivity index (χ3n) is 6.62.